The van der Waals surface area contributed by atoms with E-state index >= 15 is 0 Å². The largest absolute Gasteiger partial charge is 0.477 e. The molecule has 0 radical (unpaired) electrons. The van der Waals surface area contributed by atoms with Gasteiger partial charge < -0.3 is 14.4 Å². The maximum absolute atomic E-state index is 12.1. The van der Waals surface area contributed by atoms with Crippen LogP contribution in [0.3, 0.4) is 0 Å². The Morgan fingerprint density at radius 1 is 1.38 bits per heavy atom. The molecule has 0 aromatic carbocycles. The van der Waals surface area contributed by atoms with Crippen LogP contribution in [-0.4, -0.2) is 39.7 Å². The molecule has 6 nitrogen and oxygen atoms in total. The summed E-state index contributed by atoms with van der Waals surface area (Å²) in [6.07, 6.45) is 2.81. The molecule has 21 heavy (non-hydrogen) atoms. The zero-order chi connectivity index (χ0) is 15.5. The molecule has 2 heterocycles. The Balaban J connectivity index is 2.09. The first-order chi connectivity index (χ1) is 9.90. The summed E-state index contributed by atoms with van der Waals surface area (Å²) in [5, 5.41) is 0. The van der Waals surface area contributed by atoms with Gasteiger partial charge in [-0.1, -0.05) is 6.92 Å². The maximum Gasteiger partial charge on any atom is 0.410 e. The molecule has 0 saturated carbocycles. The number of amides is 1. The van der Waals surface area contributed by atoms with Crippen molar-refractivity contribution in [1.82, 2.24) is 14.9 Å². The Morgan fingerprint density at radius 2 is 2.14 bits per heavy atom. The second kappa shape index (κ2) is 6.28. The molecule has 0 atom stereocenters. The number of nitrogens with zero attached hydrogens (tertiary/aromatic N) is 3. The van der Waals surface area contributed by atoms with Crippen molar-refractivity contribution < 1.29 is 14.3 Å². The van der Waals surface area contributed by atoms with Gasteiger partial charge in [0.1, 0.15) is 11.9 Å². The van der Waals surface area contributed by atoms with Crippen molar-refractivity contribution >= 4 is 6.09 Å². The summed E-state index contributed by atoms with van der Waals surface area (Å²) in [6.45, 7) is 9.31. The van der Waals surface area contributed by atoms with Crippen LogP contribution in [0.15, 0.2) is 6.33 Å². The average molecular weight is 293 g/mol. The van der Waals surface area contributed by atoms with Gasteiger partial charge in [-0.05, 0) is 33.6 Å². The Bertz CT molecular complexity index is 511. The van der Waals surface area contributed by atoms with E-state index in [9.17, 15) is 4.79 Å². The quantitative estimate of drug-likeness (QED) is 0.857. The smallest absolute Gasteiger partial charge is 0.410 e. The third kappa shape index (κ3) is 4.06. The number of aromatic nitrogens is 2. The van der Waals surface area contributed by atoms with E-state index in [1.54, 1.807) is 4.90 Å². The molecule has 1 amide bonds. The Labute approximate surface area is 125 Å². The van der Waals surface area contributed by atoms with Crippen LogP contribution >= 0.6 is 0 Å². The van der Waals surface area contributed by atoms with Gasteiger partial charge in [-0.15, -0.1) is 0 Å². The van der Waals surface area contributed by atoms with Crippen LogP contribution in [0.5, 0.6) is 5.88 Å². The van der Waals surface area contributed by atoms with Gasteiger partial charge in [0.25, 0.3) is 0 Å². The zero-order valence-corrected chi connectivity index (χ0v) is 13.2. The van der Waals surface area contributed by atoms with E-state index in [2.05, 4.69) is 16.9 Å². The highest BCUT2D eigenvalue weighted by atomic mass is 16.6. The Kier molecular flexibility index (Phi) is 4.65. The summed E-state index contributed by atoms with van der Waals surface area (Å²) in [5.74, 6) is 0.644. The summed E-state index contributed by atoms with van der Waals surface area (Å²) < 4.78 is 11.0. The highest BCUT2D eigenvalue weighted by molar-refractivity contribution is 5.68. The molecule has 0 fully saturated rings. The topological polar surface area (TPSA) is 64.6 Å². The first kappa shape index (κ1) is 15.5. The first-order valence-corrected chi connectivity index (χ1v) is 7.34. The van der Waals surface area contributed by atoms with E-state index in [0.29, 0.717) is 32.0 Å². The van der Waals surface area contributed by atoms with E-state index in [-0.39, 0.29) is 6.09 Å². The molecule has 0 spiro atoms. The highest BCUT2D eigenvalue weighted by Gasteiger charge is 2.28. The van der Waals surface area contributed by atoms with Gasteiger partial charge in [-0.25, -0.2) is 14.8 Å². The van der Waals surface area contributed by atoms with Gasteiger partial charge >= 0.3 is 6.09 Å². The third-order valence-electron chi connectivity index (χ3n) is 3.06. The standard InChI is InChI=1S/C15H23N3O3/c1-5-8-20-13-11-6-7-18(9-12(11)16-10-17-13)14(19)21-15(2,3)4/h10H,5-9H2,1-4H3. The molecule has 0 aliphatic carbocycles. The van der Waals surface area contributed by atoms with Crippen LogP contribution in [0.25, 0.3) is 0 Å². The summed E-state index contributed by atoms with van der Waals surface area (Å²) in [5.41, 5.74) is 1.36. The van der Waals surface area contributed by atoms with Crippen LogP contribution in [0.1, 0.15) is 45.4 Å². The molecule has 116 valence electrons. The van der Waals surface area contributed by atoms with E-state index in [4.69, 9.17) is 9.47 Å². The highest BCUT2D eigenvalue weighted by Crippen LogP contribution is 2.25. The van der Waals surface area contributed by atoms with E-state index < -0.39 is 5.60 Å². The molecule has 0 unspecified atom stereocenters. The van der Waals surface area contributed by atoms with Crippen LogP contribution in [-0.2, 0) is 17.7 Å². The number of hydrogen-bond donors (Lipinski definition) is 0. The molecule has 0 bridgehead atoms. The van der Waals surface area contributed by atoms with Crippen molar-refractivity contribution in [1.29, 1.82) is 0 Å². The molecule has 0 N–H and O–H groups in total. The van der Waals surface area contributed by atoms with Gasteiger partial charge in [0.05, 0.1) is 18.8 Å². The number of rotatable bonds is 3. The van der Waals surface area contributed by atoms with Crippen molar-refractivity contribution in [2.75, 3.05) is 13.2 Å². The number of carbonyl (C=O) groups is 1. The van der Waals surface area contributed by atoms with Gasteiger partial charge in [0.2, 0.25) is 5.88 Å². The minimum Gasteiger partial charge on any atom is -0.477 e. The molecular formula is C15H23N3O3. The van der Waals surface area contributed by atoms with Crippen molar-refractivity contribution in [3.8, 4) is 5.88 Å². The van der Waals surface area contributed by atoms with E-state index in [0.717, 1.165) is 17.7 Å². The van der Waals surface area contributed by atoms with Crippen LogP contribution < -0.4 is 4.74 Å². The van der Waals surface area contributed by atoms with Crippen molar-refractivity contribution in [3.05, 3.63) is 17.6 Å². The van der Waals surface area contributed by atoms with Crippen molar-refractivity contribution in [2.45, 2.75) is 52.7 Å². The summed E-state index contributed by atoms with van der Waals surface area (Å²) >= 11 is 0. The van der Waals surface area contributed by atoms with Crippen molar-refractivity contribution in [3.63, 3.8) is 0 Å². The number of hydrogen-bond acceptors (Lipinski definition) is 5. The van der Waals surface area contributed by atoms with Crippen LogP contribution in [0.4, 0.5) is 4.79 Å². The summed E-state index contributed by atoms with van der Waals surface area (Å²) in [7, 11) is 0. The normalized spacial score (nSPS) is 14.6. The van der Waals surface area contributed by atoms with Gasteiger partial charge in [-0.3, -0.25) is 0 Å². The van der Waals surface area contributed by atoms with Gasteiger partial charge in [0.15, 0.2) is 0 Å². The zero-order valence-electron chi connectivity index (χ0n) is 13.2. The van der Waals surface area contributed by atoms with Crippen molar-refractivity contribution in [2.24, 2.45) is 0 Å². The fourth-order valence-electron chi connectivity index (χ4n) is 2.13. The van der Waals surface area contributed by atoms with Crippen LogP contribution in [0.2, 0.25) is 0 Å². The molecule has 1 aliphatic rings. The fraction of sp³-hybridized carbons (Fsp3) is 0.667. The fourth-order valence-corrected chi connectivity index (χ4v) is 2.13. The summed E-state index contributed by atoms with van der Waals surface area (Å²) in [6, 6.07) is 0. The molecule has 1 aliphatic heterocycles. The maximum atomic E-state index is 12.1. The predicted molar refractivity (Wildman–Crippen MR) is 78.2 cm³/mol. The SMILES string of the molecule is CCCOc1ncnc2c1CCN(C(=O)OC(C)(C)C)C2. The lowest BCUT2D eigenvalue weighted by Gasteiger charge is -2.30. The van der Waals surface area contributed by atoms with Crippen LogP contribution in [0, 0.1) is 0 Å². The average Bonchev–Trinajstić information content (AvgIpc) is 2.42. The Morgan fingerprint density at radius 3 is 2.81 bits per heavy atom. The minimum absolute atomic E-state index is 0.303. The van der Waals surface area contributed by atoms with E-state index in [1.165, 1.54) is 6.33 Å². The van der Waals surface area contributed by atoms with Gasteiger partial charge in [0, 0.05) is 12.1 Å². The minimum atomic E-state index is -0.488. The molecule has 1 aromatic rings. The number of carbonyl (C=O) groups excluding carboxylic acids is 1. The molecule has 2 rings (SSSR count). The molecular weight excluding hydrogens is 270 g/mol. The first-order valence-electron chi connectivity index (χ1n) is 7.34. The molecule has 0 saturated heterocycles. The predicted octanol–water partition coefficient (Wildman–Crippen LogP) is 2.56. The lowest BCUT2D eigenvalue weighted by molar-refractivity contribution is 0.0219. The lowest BCUT2D eigenvalue weighted by Crippen LogP contribution is -2.40. The van der Waals surface area contributed by atoms with E-state index in [1.807, 2.05) is 20.8 Å². The second-order valence-electron chi connectivity index (χ2n) is 6.10. The molecule has 6 heteroatoms. The monoisotopic (exact) mass is 293 g/mol. The number of ether oxygens (including phenoxy) is 2. The second-order valence-corrected chi connectivity index (χ2v) is 6.10. The third-order valence-corrected chi connectivity index (χ3v) is 3.06. The lowest BCUT2D eigenvalue weighted by atomic mass is 10.1. The number of fused-ring (bicyclic) bond motifs is 1. The Hall–Kier alpha value is -1.85. The molecule has 1 aromatic heterocycles. The summed E-state index contributed by atoms with van der Waals surface area (Å²) in [4.78, 5) is 22.2. The van der Waals surface area contributed by atoms with Gasteiger partial charge in [-0.2, -0.15) is 0 Å².